The van der Waals surface area contributed by atoms with Crippen LogP contribution >= 0.6 is 0 Å². The summed E-state index contributed by atoms with van der Waals surface area (Å²) in [5.41, 5.74) is 10.9. The Kier molecular flexibility index (Phi) is 2.63. The van der Waals surface area contributed by atoms with Crippen LogP contribution in [0.25, 0.3) is 0 Å². The van der Waals surface area contributed by atoms with Gasteiger partial charge in [-0.25, -0.2) is 4.28 Å². The Morgan fingerprint density at radius 2 is 1.82 bits per heavy atom. The summed E-state index contributed by atoms with van der Waals surface area (Å²) in [5, 5.41) is 0. The summed E-state index contributed by atoms with van der Waals surface area (Å²) >= 11 is 0. The van der Waals surface area contributed by atoms with Gasteiger partial charge in [-0.05, 0) is 11.2 Å². The molecule has 5 N–H and O–H groups in total. The lowest BCUT2D eigenvalue weighted by molar-refractivity contribution is -0.836. The SMILES string of the molecule is Nc1nc(N2CCC2)nc(N)[n+]1OS(=O)(=O)O. The van der Waals surface area contributed by atoms with Gasteiger partial charge in [0.1, 0.15) is 0 Å². The Morgan fingerprint density at radius 3 is 2.18 bits per heavy atom. The van der Waals surface area contributed by atoms with Crippen molar-refractivity contribution in [3.8, 4) is 0 Å². The first-order valence-electron chi connectivity index (χ1n) is 4.64. The molecule has 0 radical (unpaired) electrons. The highest BCUT2D eigenvalue weighted by Gasteiger charge is 2.26. The molecule has 1 aliphatic rings. The molecule has 0 atom stereocenters. The van der Waals surface area contributed by atoms with Crippen molar-refractivity contribution in [2.45, 2.75) is 6.42 Å². The molecule has 0 aromatic carbocycles. The second-order valence-corrected chi connectivity index (χ2v) is 4.38. The normalized spacial score (nSPS) is 15.5. The fourth-order valence-electron chi connectivity index (χ4n) is 1.27. The van der Waals surface area contributed by atoms with Crippen LogP contribution in [0, 0.1) is 0 Å². The van der Waals surface area contributed by atoms with E-state index in [1.807, 2.05) is 4.90 Å². The summed E-state index contributed by atoms with van der Waals surface area (Å²) < 4.78 is 34.1. The van der Waals surface area contributed by atoms with Gasteiger partial charge in [-0.3, -0.25) is 4.55 Å². The lowest BCUT2D eigenvalue weighted by atomic mass is 10.2. The quantitative estimate of drug-likeness (QED) is 0.393. The number of nitrogens with two attached hydrogens (primary N) is 2. The number of nitrogen functional groups attached to an aromatic ring is 2. The number of anilines is 3. The van der Waals surface area contributed by atoms with E-state index in [-0.39, 0.29) is 11.9 Å². The highest BCUT2D eigenvalue weighted by Crippen LogP contribution is 2.15. The Hall–Kier alpha value is -1.88. The maximum absolute atomic E-state index is 10.5. The lowest BCUT2D eigenvalue weighted by Crippen LogP contribution is -2.52. The van der Waals surface area contributed by atoms with Crippen molar-refractivity contribution in [2.24, 2.45) is 0 Å². The van der Waals surface area contributed by atoms with Gasteiger partial charge in [-0.1, -0.05) is 9.97 Å². The molecule has 0 unspecified atom stereocenters. The molecule has 1 aliphatic heterocycles. The zero-order valence-corrected chi connectivity index (χ0v) is 9.46. The molecule has 1 aromatic rings. The molecule has 0 saturated carbocycles. The summed E-state index contributed by atoms with van der Waals surface area (Å²) in [4.78, 5) is 9.44. The third-order valence-electron chi connectivity index (χ3n) is 2.15. The summed E-state index contributed by atoms with van der Waals surface area (Å²) in [5.74, 6) is -0.351. The molecule has 0 amide bonds. The molecule has 0 spiro atoms. The van der Waals surface area contributed by atoms with Gasteiger partial charge in [-0.15, -0.1) is 0 Å². The first-order chi connectivity index (χ1) is 7.87. The van der Waals surface area contributed by atoms with E-state index in [2.05, 4.69) is 14.3 Å². The zero-order chi connectivity index (χ0) is 12.6. The van der Waals surface area contributed by atoms with E-state index in [9.17, 15) is 8.42 Å². The molecular formula is C6H11N6O4S+. The molecule has 11 heteroatoms. The van der Waals surface area contributed by atoms with Gasteiger partial charge in [0.2, 0.25) is 0 Å². The van der Waals surface area contributed by atoms with E-state index in [0.717, 1.165) is 19.5 Å². The van der Waals surface area contributed by atoms with Gasteiger partial charge in [0.05, 0.1) is 0 Å². The minimum Gasteiger partial charge on any atom is -0.324 e. The average Bonchev–Trinajstić information content (AvgIpc) is 2.07. The van der Waals surface area contributed by atoms with Gasteiger partial charge >= 0.3 is 28.2 Å². The fourth-order valence-corrected chi connectivity index (χ4v) is 1.61. The first kappa shape index (κ1) is 11.6. The number of hydrogen-bond donors (Lipinski definition) is 3. The smallest absolute Gasteiger partial charge is 0.324 e. The van der Waals surface area contributed by atoms with E-state index in [0.29, 0.717) is 10.7 Å². The number of nitrogens with zero attached hydrogens (tertiary/aromatic N) is 4. The van der Waals surface area contributed by atoms with Crippen LogP contribution < -0.4 is 25.4 Å². The third-order valence-corrected chi connectivity index (χ3v) is 2.49. The van der Waals surface area contributed by atoms with E-state index in [1.165, 1.54) is 0 Å². The van der Waals surface area contributed by atoms with Gasteiger partial charge < -0.3 is 16.4 Å². The Labute approximate surface area is 96.7 Å². The van der Waals surface area contributed by atoms with Crippen molar-refractivity contribution in [1.82, 2.24) is 9.97 Å². The van der Waals surface area contributed by atoms with Crippen molar-refractivity contribution in [2.75, 3.05) is 29.5 Å². The zero-order valence-electron chi connectivity index (χ0n) is 8.65. The first-order valence-corrected chi connectivity index (χ1v) is 6.01. The minimum absolute atomic E-state index is 0.293. The second-order valence-electron chi connectivity index (χ2n) is 3.38. The van der Waals surface area contributed by atoms with Crippen LogP contribution in [-0.4, -0.2) is 36.0 Å². The van der Waals surface area contributed by atoms with Crippen molar-refractivity contribution < 1.29 is 22.0 Å². The third kappa shape index (κ3) is 2.45. The van der Waals surface area contributed by atoms with Crippen LogP contribution in [0.15, 0.2) is 0 Å². The minimum atomic E-state index is -4.74. The molecule has 2 heterocycles. The molecule has 1 aromatic heterocycles. The van der Waals surface area contributed by atoms with E-state index in [4.69, 9.17) is 16.0 Å². The maximum Gasteiger partial charge on any atom is 0.472 e. The van der Waals surface area contributed by atoms with Crippen molar-refractivity contribution in [3.63, 3.8) is 0 Å². The van der Waals surface area contributed by atoms with E-state index in [1.54, 1.807) is 0 Å². The molecule has 0 aliphatic carbocycles. The molecule has 17 heavy (non-hydrogen) atoms. The topological polar surface area (TPSA) is 149 Å². The summed E-state index contributed by atoms with van der Waals surface area (Å²) in [6.07, 6.45) is 1.01. The van der Waals surface area contributed by atoms with Crippen LogP contribution in [0.4, 0.5) is 17.8 Å². The van der Waals surface area contributed by atoms with E-state index < -0.39 is 10.4 Å². The van der Waals surface area contributed by atoms with Gasteiger partial charge in [0.25, 0.3) is 0 Å². The van der Waals surface area contributed by atoms with Crippen LogP contribution in [0.5, 0.6) is 0 Å². The Balaban J connectivity index is 2.35. The van der Waals surface area contributed by atoms with Crippen molar-refractivity contribution in [3.05, 3.63) is 0 Å². The van der Waals surface area contributed by atoms with Gasteiger partial charge in [0, 0.05) is 13.1 Å². The van der Waals surface area contributed by atoms with Crippen LogP contribution in [0.2, 0.25) is 0 Å². The average molecular weight is 263 g/mol. The predicted molar refractivity (Wildman–Crippen MR) is 56.0 cm³/mol. The molecular weight excluding hydrogens is 252 g/mol. The number of rotatable bonds is 3. The summed E-state index contributed by atoms with van der Waals surface area (Å²) in [6, 6.07) is 0. The molecule has 94 valence electrons. The van der Waals surface area contributed by atoms with Gasteiger partial charge in [0.15, 0.2) is 0 Å². The molecule has 1 fully saturated rings. The van der Waals surface area contributed by atoms with Crippen molar-refractivity contribution >= 4 is 28.2 Å². The largest absolute Gasteiger partial charge is 0.472 e. The monoisotopic (exact) mass is 263 g/mol. The fraction of sp³-hybridized carbons (Fsp3) is 0.500. The molecule has 0 bridgehead atoms. The highest BCUT2D eigenvalue weighted by molar-refractivity contribution is 7.80. The molecule has 1 saturated heterocycles. The van der Waals surface area contributed by atoms with Crippen LogP contribution in [0.1, 0.15) is 6.42 Å². The summed E-state index contributed by atoms with van der Waals surface area (Å²) in [6.45, 7) is 1.56. The van der Waals surface area contributed by atoms with Gasteiger partial charge in [-0.2, -0.15) is 8.42 Å². The summed E-state index contributed by atoms with van der Waals surface area (Å²) in [7, 11) is -4.74. The lowest BCUT2D eigenvalue weighted by Gasteiger charge is -2.28. The van der Waals surface area contributed by atoms with E-state index >= 15 is 0 Å². The number of aromatic nitrogens is 3. The predicted octanol–water partition coefficient (Wildman–Crippen LogP) is -2.63. The molecule has 10 nitrogen and oxygen atoms in total. The second kappa shape index (κ2) is 3.85. The maximum atomic E-state index is 10.5. The Morgan fingerprint density at radius 1 is 1.29 bits per heavy atom. The van der Waals surface area contributed by atoms with Crippen LogP contribution in [0.3, 0.4) is 0 Å². The number of hydrogen-bond acceptors (Lipinski definition) is 8. The molecule has 2 rings (SSSR count). The highest BCUT2D eigenvalue weighted by atomic mass is 32.3. The Bertz CT molecular complexity index is 518. The standard InChI is InChI=1S/C6H10N6O4S/c7-4-9-6(11-2-1-3-11)10-5(8)12(4)16-17(13,14)15/h1-3H2,(H4,7,8,9,10,13,14,15)/p+1. The van der Waals surface area contributed by atoms with Crippen LogP contribution in [-0.2, 0) is 10.4 Å². The van der Waals surface area contributed by atoms with Crippen molar-refractivity contribution in [1.29, 1.82) is 0 Å².